The van der Waals surface area contributed by atoms with Crippen LogP contribution in [0.3, 0.4) is 0 Å². The quantitative estimate of drug-likeness (QED) is 0.683. The van der Waals surface area contributed by atoms with E-state index in [9.17, 15) is 14.4 Å². The lowest BCUT2D eigenvalue weighted by atomic mass is 10.2. The second kappa shape index (κ2) is 8.28. The van der Waals surface area contributed by atoms with Gasteiger partial charge in [0, 0.05) is 59.3 Å². The monoisotopic (exact) mass is 374 g/mol. The van der Waals surface area contributed by atoms with Crippen molar-refractivity contribution >= 4 is 23.4 Å². The van der Waals surface area contributed by atoms with Gasteiger partial charge in [-0.1, -0.05) is 12.1 Å². The predicted molar refractivity (Wildman–Crippen MR) is 101 cm³/mol. The van der Waals surface area contributed by atoms with E-state index in [-0.39, 0.29) is 5.91 Å². The fourth-order valence-corrected chi connectivity index (χ4v) is 3.54. The molecule has 0 aromatic heterocycles. The minimum Gasteiger partial charge on any atom is -0.495 e. The summed E-state index contributed by atoms with van der Waals surface area (Å²) in [7, 11) is 1.64. The predicted octanol–water partition coefficient (Wildman–Crippen LogP) is 0.0345. The van der Waals surface area contributed by atoms with Gasteiger partial charge in [0.15, 0.2) is 0 Å². The number of amides is 3. The number of hydrogen-bond acceptors (Lipinski definition) is 5. The number of piperazine rings is 2. The van der Waals surface area contributed by atoms with Crippen LogP contribution in [-0.2, 0) is 14.4 Å². The SMILES string of the molecule is COc1ccccc1N1CCN(C(=O)C(=O)N2CCN(C(C)=O)CC2)CC1. The van der Waals surface area contributed by atoms with Crippen LogP contribution in [-0.4, -0.2) is 91.9 Å². The van der Waals surface area contributed by atoms with E-state index in [1.807, 2.05) is 24.3 Å². The van der Waals surface area contributed by atoms with Crippen molar-refractivity contribution in [1.29, 1.82) is 0 Å². The third-order valence-corrected chi connectivity index (χ3v) is 5.19. The first-order valence-corrected chi connectivity index (χ1v) is 9.23. The first-order valence-electron chi connectivity index (χ1n) is 9.23. The Morgan fingerprint density at radius 2 is 1.26 bits per heavy atom. The van der Waals surface area contributed by atoms with Gasteiger partial charge in [-0.25, -0.2) is 0 Å². The van der Waals surface area contributed by atoms with Gasteiger partial charge in [-0.3, -0.25) is 14.4 Å². The second-order valence-electron chi connectivity index (χ2n) is 6.75. The highest BCUT2D eigenvalue weighted by Gasteiger charge is 2.32. The number of ether oxygens (including phenoxy) is 1. The van der Waals surface area contributed by atoms with Gasteiger partial charge < -0.3 is 24.3 Å². The lowest BCUT2D eigenvalue weighted by molar-refractivity contribution is -0.153. The molecule has 2 heterocycles. The number of benzene rings is 1. The average Bonchev–Trinajstić information content (AvgIpc) is 2.72. The van der Waals surface area contributed by atoms with E-state index in [1.165, 1.54) is 6.92 Å². The molecule has 0 bridgehead atoms. The Morgan fingerprint density at radius 1 is 0.778 bits per heavy atom. The summed E-state index contributed by atoms with van der Waals surface area (Å²) in [4.78, 5) is 43.5. The third kappa shape index (κ3) is 4.15. The van der Waals surface area contributed by atoms with E-state index in [2.05, 4.69) is 4.90 Å². The van der Waals surface area contributed by atoms with E-state index in [0.717, 1.165) is 11.4 Å². The largest absolute Gasteiger partial charge is 0.495 e. The number of nitrogens with zero attached hydrogens (tertiary/aromatic N) is 4. The maximum absolute atomic E-state index is 12.6. The molecule has 0 atom stereocenters. The highest BCUT2D eigenvalue weighted by atomic mass is 16.5. The number of carbonyl (C=O) groups is 3. The molecule has 0 spiro atoms. The van der Waals surface area contributed by atoms with Crippen molar-refractivity contribution < 1.29 is 19.1 Å². The Balaban J connectivity index is 1.54. The first-order chi connectivity index (χ1) is 13.0. The molecule has 2 saturated heterocycles. The van der Waals surface area contributed by atoms with Gasteiger partial charge >= 0.3 is 11.8 Å². The standard InChI is InChI=1S/C19H26N4O4/c1-15(24)20-7-11-22(12-8-20)18(25)19(26)23-13-9-21(10-14-23)16-5-3-4-6-17(16)27-2/h3-6H,7-14H2,1-2H3. The van der Waals surface area contributed by atoms with Gasteiger partial charge in [-0.15, -0.1) is 0 Å². The minimum atomic E-state index is -0.469. The lowest BCUT2D eigenvalue weighted by Crippen LogP contribution is -2.56. The number of anilines is 1. The molecule has 1 aromatic rings. The van der Waals surface area contributed by atoms with Crippen molar-refractivity contribution in [1.82, 2.24) is 14.7 Å². The zero-order valence-electron chi connectivity index (χ0n) is 15.9. The zero-order valence-corrected chi connectivity index (χ0v) is 15.9. The van der Waals surface area contributed by atoms with E-state index < -0.39 is 11.8 Å². The molecule has 27 heavy (non-hydrogen) atoms. The molecule has 3 rings (SSSR count). The maximum atomic E-state index is 12.6. The molecule has 0 radical (unpaired) electrons. The molecule has 0 N–H and O–H groups in total. The molecular weight excluding hydrogens is 348 g/mol. The second-order valence-corrected chi connectivity index (χ2v) is 6.75. The van der Waals surface area contributed by atoms with Gasteiger partial charge in [0.2, 0.25) is 5.91 Å². The number of para-hydroxylation sites is 2. The fraction of sp³-hybridized carbons (Fsp3) is 0.526. The van der Waals surface area contributed by atoms with Crippen LogP contribution in [0.2, 0.25) is 0 Å². The molecule has 8 nitrogen and oxygen atoms in total. The molecule has 0 aliphatic carbocycles. The number of methoxy groups -OCH3 is 1. The van der Waals surface area contributed by atoms with E-state index >= 15 is 0 Å². The maximum Gasteiger partial charge on any atom is 0.312 e. The Labute approximate surface area is 159 Å². The summed E-state index contributed by atoms with van der Waals surface area (Å²) >= 11 is 0. The molecule has 0 unspecified atom stereocenters. The van der Waals surface area contributed by atoms with Crippen molar-refractivity contribution in [3.63, 3.8) is 0 Å². The summed E-state index contributed by atoms with van der Waals surface area (Å²) in [6, 6.07) is 7.79. The molecule has 3 amide bonds. The van der Waals surface area contributed by atoms with Crippen LogP contribution in [0, 0.1) is 0 Å². The van der Waals surface area contributed by atoms with Crippen LogP contribution in [0.5, 0.6) is 5.75 Å². The molecule has 146 valence electrons. The van der Waals surface area contributed by atoms with Crippen LogP contribution in [0.15, 0.2) is 24.3 Å². The number of carbonyl (C=O) groups excluding carboxylic acids is 3. The van der Waals surface area contributed by atoms with E-state index in [0.29, 0.717) is 52.4 Å². The lowest BCUT2D eigenvalue weighted by Gasteiger charge is -2.38. The van der Waals surface area contributed by atoms with Crippen molar-refractivity contribution in [3.05, 3.63) is 24.3 Å². The third-order valence-electron chi connectivity index (χ3n) is 5.19. The molecule has 0 saturated carbocycles. The Morgan fingerprint density at radius 3 is 1.78 bits per heavy atom. The molecule has 8 heteroatoms. The summed E-state index contributed by atoms with van der Waals surface area (Å²) in [5.74, 6) is -0.118. The summed E-state index contributed by atoms with van der Waals surface area (Å²) in [5.41, 5.74) is 0.999. The van der Waals surface area contributed by atoms with Gasteiger partial charge in [0.1, 0.15) is 5.75 Å². The Hall–Kier alpha value is -2.77. The van der Waals surface area contributed by atoms with Crippen LogP contribution in [0.4, 0.5) is 5.69 Å². The summed E-state index contributed by atoms with van der Waals surface area (Å²) in [6.45, 7) is 5.59. The first kappa shape index (κ1) is 19.0. The molecule has 2 aliphatic rings. The van der Waals surface area contributed by atoms with Gasteiger partial charge in [-0.05, 0) is 12.1 Å². The fourth-order valence-electron chi connectivity index (χ4n) is 3.54. The smallest absolute Gasteiger partial charge is 0.312 e. The van der Waals surface area contributed by atoms with E-state index in [1.54, 1.807) is 21.8 Å². The van der Waals surface area contributed by atoms with Crippen LogP contribution >= 0.6 is 0 Å². The minimum absolute atomic E-state index is 0.000822. The van der Waals surface area contributed by atoms with Crippen molar-refractivity contribution in [2.75, 3.05) is 64.4 Å². The molecule has 1 aromatic carbocycles. The van der Waals surface area contributed by atoms with E-state index in [4.69, 9.17) is 4.74 Å². The highest BCUT2D eigenvalue weighted by Crippen LogP contribution is 2.28. The summed E-state index contributed by atoms with van der Waals surface area (Å²) in [6.07, 6.45) is 0. The summed E-state index contributed by atoms with van der Waals surface area (Å²) in [5, 5.41) is 0. The highest BCUT2D eigenvalue weighted by molar-refractivity contribution is 6.35. The van der Waals surface area contributed by atoms with Crippen LogP contribution < -0.4 is 9.64 Å². The van der Waals surface area contributed by atoms with Crippen molar-refractivity contribution in [2.45, 2.75) is 6.92 Å². The van der Waals surface area contributed by atoms with Gasteiger partial charge in [0.25, 0.3) is 0 Å². The topological polar surface area (TPSA) is 73.4 Å². The Bertz CT molecular complexity index is 707. The molecular formula is C19H26N4O4. The van der Waals surface area contributed by atoms with Gasteiger partial charge in [0.05, 0.1) is 12.8 Å². The number of rotatable bonds is 2. The number of hydrogen-bond donors (Lipinski definition) is 0. The van der Waals surface area contributed by atoms with Crippen LogP contribution in [0.1, 0.15) is 6.92 Å². The van der Waals surface area contributed by atoms with Gasteiger partial charge in [-0.2, -0.15) is 0 Å². The zero-order chi connectivity index (χ0) is 19.4. The van der Waals surface area contributed by atoms with Crippen molar-refractivity contribution in [2.24, 2.45) is 0 Å². The Kier molecular flexibility index (Phi) is 5.83. The van der Waals surface area contributed by atoms with Crippen molar-refractivity contribution in [3.8, 4) is 5.75 Å². The normalized spacial score (nSPS) is 17.7. The average molecular weight is 374 g/mol. The molecule has 2 aliphatic heterocycles. The molecule has 2 fully saturated rings. The van der Waals surface area contributed by atoms with Crippen LogP contribution in [0.25, 0.3) is 0 Å². The summed E-state index contributed by atoms with van der Waals surface area (Å²) < 4.78 is 5.40.